The fourth-order valence-electron chi connectivity index (χ4n) is 4.06. The smallest absolute Gasteiger partial charge is 0.103 e. The van der Waals surface area contributed by atoms with Gasteiger partial charge in [0.2, 0.25) is 0 Å². The topological polar surface area (TPSA) is 49.7 Å². The minimum Gasteiger partial charge on any atom is -1.00 e. The first-order chi connectivity index (χ1) is 15.3. The number of rotatable bonds is 21. The molecular weight excluding hydrogens is 422 g/mol. The Labute approximate surface area is 203 Å². The largest absolute Gasteiger partial charge is 1.00 e. The third kappa shape index (κ3) is 15.8. The summed E-state index contributed by atoms with van der Waals surface area (Å²) in [7, 11) is 0. The van der Waals surface area contributed by atoms with Crippen molar-refractivity contribution in [2.45, 2.75) is 71.1 Å². The third-order valence-corrected chi connectivity index (χ3v) is 6.10. The van der Waals surface area contributed by atoms with E-state index < -0.39 is 0 Å². The lowest BCUT2D eigenvalue weighted by Gasteiger charge is -2.37. The van der Waals surface area contributed by atoms with Gasteiger partial charge in [0, 0.05) is 6.61 Å². The third-order valence-electron chi connectivity index (χ3n) is 6.10. The lowest BCUT2D eigenvalue weighted by Crippen LogP contribution is -3.00. The van der Waals surface area contributed by atoms with E-state index >= 15 is 0 Å². The van der Waals surface area contributed by atoms with Crippen LogP contribution < -0.4 is 12.4 Å². The molecule has 1 aromatic carbocycles. The number of aliphatic hydroxyl groups excluding tert-OH is 2. The molecule has 32 heavy (non-hydrogen) atoms. The van der Waals surface area contributed by atoms with Crippen LogP contribution in [0.5, 0.6) is 0 Å². The molecule has 0 atom stereocenters. The Morgan fingerprint density at radius 1 is 0.750 bits per heavy atom. The maximum Gasteiger partial charge on any atom is 0.103 e. The van der Waals surface area contributed by atoms with Crippen LogP contribution in [-0.2, 0) is 4.74 Å². The predicted molar refractivity (Wildman–Crippen MR) is 132 cm³/mol. The number of quaternary nitrogens is 1. The van der Waals surface area contributed by atoms with Gasteiger partial charge in [-0.05, 0) is 18.1 Å². The molecule has 1 aromatic rings. The maximum absolute atomic E-state index is 9.59. The first kappa shape index (κ1) is 31.1. The van der Waals surface area contributed by atoms with Crippen molar-refractivity contribution in [3.8, 4) is 0 Å². The van der Waals surface area contributed by atoms with Crippen LogP contribution in [0.2, 0.25) is 0 Å². The van der Waals surface area contributed by atoms with Crippen LogP contribution in [-0.4, -0.2) is 67.3 Å². The monoisotopic (exact) mass is 469 g/mol. The Kier molecular flexibility index (Phi) is 21.3. The molecule has 0 aliphatic rings. The molecule has 0 aliphatic heterocycles. The van der Waals surface area contributed by atoms with Crippen molar-refractivity contribution in [3.05, 3.63) is 42.0 Å². The van der Waals surface area contributed by atoms with Crippen LogP contribution in [0.15, 0.2) is 36.4 Å². The number of halogens is 1. The zero-order valence-electron chi connectivity index (χ0n) is 20.4. The minimum absolute atomic E-state index is 0. The van der Waals surface area contributed by atoms with Crippen molar-refractivity contribution in [3.63, 3.8) is 0 Å². The normalized spacial score (nSPS) is 11.7. The number of hydrogen-bond donors (Lipinski definition) is 2. The second kappa shape index (κ2) is 21.9. The van der Waals surface area contributed by atoms with Gasteiger partial charge in [-0.3, -0.25) is 0 Å². The Hall–Kier alpha value is -0.910. The van der Waals surface area contributed by atoms with E-state index in [4.69, 9.17) is 4.74 Å². The van der Waals surface area contributed by atoms with Crippen LogP contribution in [0.25, 0.3) is 6.08 Å². The molecule has 0 bridgehead atoms. The van der Waals surface area contributed by atoms with Crippen LogP contribution in [0, 0.1) is 0 Å². The summed E-state index contributed by atoms with van der Waals surface area (Å²) in [5.74, 6) is 0. The van der Waals surface area contributed by atoms with E-state index in [1.807, 2.05) is 18.2 Å². The van der Waals surface area contributed by atoms with E-state index in [0.717, 1.165) is 26.1 Å². The van der Waals surface area contributed by atoms with Crippen molar-refractivity contribution in [2.75, 3.05) is 52.6 Å². The van der Waals surface area contributed by atoms with Gasteiger partial charge >= 0.3 is 0 Å². The van der Waals surface area contributed by atoms with Gasteiger partial charge in [0.15, 0.2) is 0 Å². The highest BCUT2D eigenvalue weighted by atomic mass is 35.5. The molecule has 5 heteroatoms. The molecule has 0 spiro atoms. The molecule has 0 aliphatic carbocycles. The van der Waals surface area contributed by atoms with Gasteiger partial charge in [-0.1, -0.05) is 101 Å². The molecule has 0 aromatic heterocycles. The van der Waals surface area contributed by atoms with E-state index in [2.05, 4.69) is 31.2 Å². The highest BCUT2D eigenvalue weighted by molar-refractivity contribution is 5.48. The molecule has 186 valence electrons. The van der Waals surface area contributed by atoms with Crippen molar-refractivity contribution >= 4 is 6.08 Å². The number of benzene rings is 1. The molecule has 2 N–H and O–H groups in total. The molecule has 0 saturated heterocycles. The maximum atomic E-state index is 9.59. The summed E-state index contributed by atoms with van der Waals surface area (Å²) >= 11 is 0. The van der Waals surface area contributed by atoms with Crippen LogP contribution in [0.1, 0.15) is 76.7 Å². The summed E-state index contributed by atoms with van der Waals surface area (Å²) in [5.41, 5.74) is 1.17. The molecule has 0 saturated carbocycles. The van der Waals surface area contributed by atoms with Gasteiger partial charge in [-0.15, -0.1) is 0 Å². The Morgan fingerprint density at radius 2 is 1.31 bits per heavy atom. The number of aliphatic hydroxyl groups is 2. The zero-order valence-corrected chi connectivity index (χ0v) is 21.2. The SMILES string of the molecule is CCCCCCCCCCCCOCC[N+](CC=Cc1ccccc1)(CCO)CCO.[Cl-]. The first-order valence-electron chi connectivity index (χ1n) is 12.6. The quantitative estimate of drug-likeness (QED) is 0.215. The number of unbranched alkanes of at least 4 members (excludes halogenated alkanes) is 9. The summed E-state index contributed by atoms with van der Waals surface area (Å²) < 4.78 is 6.58. The lowest BCUT2D eigenvalue weighted by molar-refractivity contribution is -0.923. The van der Waals surface area contributed by atoms with E-state index in [1.165, 1.54) is 63.4 Å². The van der Waals surface area contributed by atoms with Gasteiger partial charge in [0.05, 0.1) is 26.4 Å². The molecule has 0 radical (unpaired) electrons. The van der Waals surface area contributed by atoms with Crippen LogP contribution in [0.4, 0.5) is 0 Å². The highest BCUT2D eigenvalue weighted by Gasteiger charge is 2.24. The molecule has 0 fully saturated rings. The van der Waals surface area contributed by atoms with Gasteiger partial charge in [-0.2, -0.15) is 0 Å². The summed E-state index contributed by atoms with van der Waals surface area (Å²) in [6.07, 6.45) is 17.6. The van der Waals surface area contributed by atoms with E-state index in [0.29, 0.717) is 24.2 Å². The Bertz CT molecular complexity index is 533. The van der Waals surface area contributed by atoms with Gasteiger partial charge < -0.3 is 31.8 Å². The molecule has 0 unspecified atom stereocenters. The second-order valence-electron chi connectivity index (χ2n) is 8.75. The summed E-state index contributed by atoms with van der Waals surface area (Å²) in [4.78, 5) is 0. The van der Waals surface area contributed by atoms with E-state index in [1.54, 1.807) is 0 Å². The Morgan fingerprint density at radius 3 is 1.88 bits per heavy atom. The standard InChI is InChI=1S/C27H48NO3.ClH/c1-2-3-4-5-6-7-8-9-10-14-25-31-26-22-28(20-23-29,21-24-30)19-15-18-27-16-12-11-13-17-27;/h11-13,15-18,29-30H,2-10,14,19-26H2,1H3;1H/q+1;/p-1. The number of ether oxygens (including phenoxy) is 1. The molecule has 4 nitrogen and oxygen atoms in total. The van der Waals surface area contributed by atoms with Crippen LogP contribution in [0.3, 0.4) is 0 Å². The van der Waals surface area contributed by atoms with E-state index in [9.17, 15) is 10.2 Å². The zero-order chi connectivity index (χ0) is 22.5. The van der Waals surface area contributed by atoms with E-state index in [-0.39, 0.29) is 25.6 Å². The average molecular weight is 470 g/mol. The molecule has 0 amide bonds. The van der Waals surface area contributed by atoms with Crippen molar-refractivity contribution in [1.29, 1.82) is 0 Å². The van der Waals surface area contributed by atoms with Crippen molar-refractivity contribution in [2.24, 2.45) is 0 Å². The van der Waals surface area contributed by atoms with Gasteiger partial charge in [-0.25, -0.2) is 0 Å². The highest BCUT2D eigenvalue weighted by Crippen LogP contribution is 2.11. The van der Waals surface area contributed by atoms with Crippen molar-refractivity contribution < 1.29 is 31.8 Å². The summed E-state index contributed by atoms with van der Waals surface area (Å²) in [6.45, 7) is 6.89. The molecule has 1 rings (SSSR count). The number of nitrogens with zero attached hydrogens (tertiary/aromatic N) is 1. The Balaban J connectivity index is 0.00000961. The fraction of sp³-hybridized carbons (Fsp3) is 0.704. The first-order valence-corrected chi connectivity index (χ1v) is 12.6. The molecular formula is C27H48ClNO3. The lowest BCUT2D eigenvalue weighted by atomic mass is 10.1. The number of hydrogen-bond acceptors (Lipinski definition) is 3. The second-order valence-corrected chi connectivity index (χ2v) is 8.75. The summed E-state index contributed by atoms with van der Waals surface area (Å²) in [5, 5.41) is 19.2. The minimum atomic E-state index is 0. The molecule has 0 heterocycles. The summed E-state index contributed by atoms with van der Waals surface area (Å²) in [6, 6.07) is 10.2. The van der Waals surface area contributed by atoms with Crippen molar-refractivity contribution in [1.82, 2.24) is 0 Å². The average Bonchev–Trinajstić information content (AvgIpc) is 2.78. The fourth-order valence-corrected chi connectivity index (χ4v) is 4.06. The van der Waals surface area contributed by atoms with Gasteiger partial charge in [0.25, 0.3) is 0 Å². The van der Waals surface area contributed by atoms with Gasteiger partial charge in [0.1, 0.15) is 19.6 Å². The predicted octanol–water partition coefficient (Wildman–Crippen LogP) is 2.44. The van der Waals surface area contributed by atoms with Crippen LogP contribution >= 0.6 is 0 Å².